The van der Waals surface area contributed by atoms with Gasteiger partial charge in [-0.05, 0) is 77.7 Å². The Morgan fingerprint density at radius 1 is 1.19 bits per heavy atom. The summed E-state index contributed by atoms with van der Waals surface area (Å²) in [6, 6.07) is 10.7. The highest BCUT2D eigenvalue weighted by Gasteiger charge is 2.47. The molecule has 26 heavy (non-hydrogen) atoms. The predicted octanol–water partition coefficient (Wildman–Crippen LogP) is 4.69. The number of carbonyl (C=O) groups is 1. The number of amides is 1. The standard InChI is InChI=1S/C22H33NO3/c1-21(2,3)26-20(24)23-18-12-7-13-19(23)16-22(25,15-18)14-8-11-17-9-5-4-6-10-17/h4-6,9-10,18-19,25H,7-8,11-16H2,1-3H3. The highest BCUT2D eigenvalue weighted by atomic mass is 16.6. The summed E-state index contributed by atoms with van der Waals surface area (Å²) in [5, 5.41) is 11.2. The highest BCUT2D eigenvalue weighted by molar-refractivity contribution is 5.69. The lowest BCUT2D eigenvalue weighted by Gasteiger charge is -2.51. The minimum Gasteiger partial charge on any atom is -0.444 e. The average molecular weight is 360 g/mol. The van der Waals surface area contributed by atoms with E-state index in [9.17, 15) is 9.90 Å². The molecule has 2 heterocycles. The molecule has 4 nitrogen and oxygen atoms in total. The van der Waals surface area contributed by atoms with Crippen LogP contribution < -0.4 is 0 Å². The first-order valence-corrected chi connectivity index (χ1v) is 10.0. The molecule has 2 atom stereocenters. The topological polar surface area (TPSA) is 49.8 Å². The lowest BCUT2D eigenvalue weighted by molar-refractivity contribution is -0.0963. The summed E-state index contributed by atoms with van der Waals surface area (Å²) in [5.41, 5.74) is 0.195. The molecule has 0 aromatic heterocycles. The van der Waals surface area contributed by atoms with Gasteiger partial charge in [-0.1, -0.05) is 30.3 Å². The second kappa shape index (κ2) is 7.59. The van der Waals surface area contributed by atoms with Crippen LogP contribution in [0.1, 0.15) is 71.3 Å². The molecule has 4 heteroatoms. The maximum atomic E-state index is 12.7. The second-order valence-electron chi connectivity index (χ2n) is 9.10. The van der Waals surface area contributed by atoms with E-state index in [-0.39, 0.29) is 18.2 Å². The maximum absolute atomic E-state index is 12.7. The smallest absolute Gasteiger partial charge is 0.410 e. The Balaban J connectivity index is 1.60. The van der Waals surface area contributed by atoms with Crippen molar-refractivity contribution in [1.82, 2.24) is 4.90 Å². The fourth-order valence-electron chi connectivity index (χ4n) is 4.61. The molecule has 1 aromatic carbocycles. The van der Waals surface area contributed by atoms with Crippen LogP contribution in [0, 0.1) is 0 Å². The Labute approximate surface area is 157 Å². The van der Waals surface area contributed by atoms with Crippen LogP contribution in [-0.4, -0.2) is 39.4 Å². The molecule has 1 amide bonds. The van der Waals surface area contributed by atoms with Crippen molar-refractivity contribution in [2.24, 2.45) is 0 Å². The molecular weight excluding hydrogens is 326 g/mol. The fourth-order valence-corrected chi connectivity index (χ4v) is 4.61. The summed E-state index contributed by atoms with van der Waals surface area (Å²) in [5.74, 6) is 0. The van der Waals surface area contributed by atoms with Gasteiger partial charge in [0.15, 0.2) is 0 Å². The lowest BCUT2D eigenvalue weighted by atomic mass is 9.73. The van der Waals surface area contributed by atoms with Gasteiger partial charge in [0.05, 0.1) is 5.60 Å². The number of hydrogen-bond donors (Lipinski definition) is 1. The first kappa shape index (κ1) is 19.2. The van der Waals surface area contributed by atoms with Crippen molar-refractivity contribution in [3.63, 3.8) is 0 Å². The predicted molar refractivity (Wildman–Crippen MR) is 103 cm³/mol. The number of carbonyl (C=O) groups excluding carboxylic acids is 1. The normalized spacial score (nSPS) is 28.7. The molecular formula is C22H33NO3. The molecule has 2 saturated heterocycles. The molecule has 2 bridgehead atoms. The van der Waals surface area contributed by atoms with Crippen LogP contribution in [0.2, 0.25) is 0 Å². The van der Waals surface area contributed by atoms with Crippen molar-refractivity contribution in [2.45, 2.75) is 95.4 Å². The minimum absolute atomic E-state index is 0.110. The number of piperidine rings is 2. The number of benzene rings is 1. The molecule has 0 saturated carbocycles. The van der Waals surface area contributed by atoms with Crippen molar-refractivity contribution in [3.05, 3.63) is 35.9 Å². The third-order valence-electron chi connectivity index (χ3n) is 5.65. The van der Waals surface area contributed by atoms with E-state index in [2.05, 4.69) is 24.3 Å². The summed E-state index contributed by atoms with van der Waals surface area (Å²) < 4.78 is 5.63. The monoisotopic (exact) mass is 359 g/mol. The zero-order chi connectivity index (χ0) is 18.8. The summed E-state index contributed by atoms with van der Waals surface area (Å²) >= 11 is 0. The van der Waals surface area contributed by atoms with Crippen molar-refractivity contribution in [1.29, 1.82) is 0 Å². The minimum atomic E-state index is -0.650. The zero-order valence-corrected chi connectivity index (χ0v) is 16.4. The molecule has 1 N–H and O–H groups in total. The quantitative estimate of drug-likeness (QED) is 0.848. The van der Waals surface area contributed by atoms with Gasteiger partial charge in [-0.15, -0.1) is 0 Å². The van der Waals surface area contributed by atoms with Crippen LogP contribution in [0.25, 0.3) is 0 Å². The lowest BCUT2D eigenvalue weighted by Crippen LogP contribution is -2.60. The van der Waals surface area contributed by atoms with E-state index >= 15 is 0 Å². The summed E-state index contributed by atoms with van der Waals surface area (Å²) in [6.45, 7) is 5.72. The number of nitrogens with zero attached hydrogens (tertiary/aromatic N) is 1. The molecule has 0 radical (unpaired) electrons. The van der Waals surface area contributed by atoms with E-state index in [4.69, 9.17) is 4.74 Å². The van der Waals surface area contributed by atoms with Gasteiger partial charge in [-0.2, -0.15) is 0 Å². The molecule has 1 aromatic rings. The SMILES string of the molecule is CC(C)(C)OC(=O)N1C2CCCC1CC(O)(CCCc1ccccc1)C2. The Morgan fingerprint density at radius 2 is 1.81 bits per heavy atom. The van der Waals surface area contributed by atoms with Crippen LogP contribution in [0.3, 0.4) is 0 Å². The van der Waals surface area contributed by atoms with Crippen molar-refractivity contribution >= 4 is 6.09 Å². The molecule has 2 unspecified atom stereocenters. The molecule has 0 spiro atoms. The van der Waals surface area contributed by atoms with Crippen LogP contribution in [0.5, 0.6) is 0 Å². The molecule has 2 fully saturated rings. The third-order valence-corrected chi connectivity index (χ3v) is 5.65. The largest absolute Gasteiger partial charge is 0.444 e. The van der Waals surface area contributed by atoms with E-state index in [0.29, 0.717) is 12.8 Å². The van der Waals surface area contributed by atoms with Crippen LogP contribution in [-0.2, 0) is 11.2 Å². The number of ether oxygens (including phenoxy) is 1. The highest BCUT2D eigenvalue weighted by Crippen LogP contribution is 2.42. The van der Waals surface area contributed by atoms with Gasteiger partial charge in [-0.25, -0.2) is 4.79 Å². The van der Waals surface area contributed by atoms with E-state index in [1.807, 2.05) is 31.7 Å². The third kappa shape index (κ3) is 4.79. The van der Waals surface area contributed by atoms with Crippen LogP contribution >= 0.6 is 0 Å². The van der Waals surface area contributed by atoms with Gasteiger partial charge in [0.2, 0.25) is 0 Å². The zero-order valence-electron chi connectivity index (χ0n) is 16.4. The number of hydrogen-bond acceptors (Lipinski definition) is 3. The van der Waals surface area contributed by atoms with Crippen LogP contribution in [0.4, 0.5) is 4.79 Å². The van der Waals surface area contributed by atoms with E-state index in [1.54, 1.807) is 0 Å². The van der Waals surface area contributed by atoms with E-state index in [1.165, 1.54) is 5.56 Å². The Morgan fingerprint density at radius 3 is 2.38 bits per heavy atom. The van der Waals surface area contributed by atoms with Gasteiger partial charge >= 0.3 is 6.09 Å². The van der Waals surface area contributed by atoms with Gasteiger partial charge in [0, 0.05) is 12.1 Å². The molecule has 144 valence electrons. The average Bonchev–Trinajstić information content (AvgIpc) is 2.53. The van der Waals surface area contributed by atoms with Crippen LogP contribution in [0.15, 0.2) is 30.3 Å². The first-order valence-electron chi connectivity index (χ1n) is 10.0. The first-order chi connectivity index (χ1) is 12.3. The Bertz CT molecular complexity index is 594. The number of aryl methyl sites for hydroxylation is 1. The van der Waals surface area contributed by atoms with Gasteiger partial charge in [0.1, 0.15) is 5.60 Å². The molecule has 3 rings (SSSR count). The number of fused-ring (bicyclic) bond motifs is 2. The second-order valence-corrected chi connectivity index (χ2v) is 9.10. The number of rotatable bonds is 4. The molecule has 0 aliphatic carbocycles. The molecule has 2 aliphatic rings. The number of aliphatic hydroxyl groups is 1. The maximum Gasteiger partial charge on any atom is 0.410 e. The van der Waals surface area contributed by atoms with Crippen molar-refractivity contribution < 1.29 is 14.6 Å². The molecule has 2 aliphatic heterocycles. The van der Waals surface area contributed by atoms with Crippen molar-refractivity contribution in [3.8, 4) is 0 Å². The summed E-state index contributed by atoms with van der Waals surface area (Å²) in [6.07, 6.45) is 6.99. The Kier molecular flexibility index (Phi) is 5.61. The fraction of sp³-hybridized carbons (Fsp3) is 0.682. The summed E-state index contributed by atoms with van der Waals surface area (Å²) in [4.78, 5) is 14.6. The Hall–Kier alpha value is -1.55. The van der Waals surface area contributed by atoms with E-state index < -0.39 is 11.2 Å². The van der Waals surface area contributed by atoms with Crippen molar-refractivity contribution in [2.75, 3.05) is 0 Å². The van der Waals surface area contributed by atoms with Gasteiger partial charge < -0.3 is 14.7 Å². The van der Waals surface area contributed by atoms with Gasteiger partial charge in [0.25, 0.3) is 0 Å². The van der Waals surface area contributed by atoms with Gasteiger partial charge in [-0.3, -0.25) is 0 Å². The summed E-state index contributed by atoms with van der Waals surface area (Å²) in [7, 11) is 0. The van der Waals surface area contributed by atoms with E-state index in [0.717, 1.165) is 38.5 Å².